The van der Waals surface area contributed by atoms with Gasteiger partial charge >= 0.3 is 0 Å². The molecule has 1 aromatic rings. The van der Waals surface area contributed by atoms with Crippen molar-refractivity contribution in [2.24, 2.45) is 0 Å². The summed E-state index contributed by atoms with van der Waals surface area (Å²) in [5.41, 5.74) is 0.897. The first kappa shape index (κ1) is 9.46. The fourth-order valence-electron chi connectivity index (χ4n) is 1.13. The van der Waals surface area contributed by atoms with E-state index in [0.29, 0.717) is 5.75 Å². The molecule has 1 N–H and O–H groups in total. The van der Waals surface area contributed by atoms with E-state index in [1.807, 2.05) is 18.2 Å². The van der Waals surface area contributed by atoms with Gasteiger partial charge in [-0.25, -0.2) is 0 Å². The van der Waals surface area contributed by atoms with Crippen LogP contribution in [0.3, 0.4) is 0 Å². The molecule has 0 saturated heterocycles. The molecule has 1 rings (SSSR count). The second kappa shape index (κ2) is 3.40. The van der Waals surface area contributed by atoms with E-state index in [2.05, 4.69) is 26.5 Å². The van der Waals surface area contributed by atoms with E-state index in [-0.39, 0.29) is 5.41 Å². The summed E-state index contributed by atoms with van der Waals surface area (Å²) in [7, 11) is 0. The summed E-state index contributed by atoms with van der Waals surface area (Å²) >= 11 is 4.25. The maximum Gasteiger partial charge on any atom is 0.119 e. The van der Waals surface area contributed by atoms with Gasteiger partial charge in [0.25, 0.3) is 0 Å². The van der Waals surface area contributed by atoms with Crippen LogP contribution in [-0.4, -0.2) is 10.9 Å². The van der Waals surface area contributed by atoms with E-state index in [1.165, 1.54) is 0 Å². The van der Waals surface area contributed by atoms with Gasteiger partial charge in [0.15, 0.2) is 0 Å². The topological polar surface area (TPSA) is 20.2 Å². The lowest BCUT2D eigenvalue weighted by Crippen LogP contribution is -2.18. The van der Waals surface area contributed by atoms with E-state index in [0.717, 1.165) is 11.3 Å². The Bertz CT molecular complexity index is 268. The van der Waals surface area contributed by atoms with Crippen molar-refractivity contribution in [2.45, 2.75) is 19.3 Å². The molecular formula is C10H14OS. The van der Waals surface area contributed by atoms with Crippen molar-refractivity contribution in [3.05, 3.63) is 29.8 Å². The zero-order valence-electron chi connectivity index (χ0n) is 7.41. The van der Waals surface area contributed by atoms with E-state index in [4.69, 9.17) is 0 Å². The molecule has 66 valence electrons. The lowest BCUT2D eigenvalue weighted by molar-refractivity contribution is 0.448. The Balaban J connectivity index is 3.10. The molecule has 0 aliphatic rings. The maximum atomic E-state index is 9.54. The quantitative estimate of drug-likeness (QED) is 0.674. The highest BCUT2D eigenvalue weighted by Crippen LogP contribution is 2.31. The average molecular weight is 182 g/mol. The molecule has 0 heterocycles. The molecule has 0 spiro atoms. The predicted octanol–water partition coefficient (Wildman–Crippen LogP) is 2.60. The summed E-state index contributed by atoms with van der Waals surface area (Å²) in [6.07, 6.45) is 0. The van der Waals surface area contributed by atoms with Gasteiger partial charge in [0.1, 0.15) is 5.75 Å². The zero-order chi connectivity index (χ0) is 9.19. The fourth-order valence-corrected chi connectivity index (χ4v) is 1.30. The summed E-state index contributed by atoms with van der Waals surface area (Å²) in [4.78, 5) is 0. The Hall–Kier alpha value is -0.630. The van der Waals surface area contributed by atoms with Crippen LogP contribution in [0.25, 0.3) is 0 Å². The molecule has 0 fully saturated rings. The van der Waals surface area contributed by atoms with E-state index in [9.17, 15) is 5.11 Å². The normalized spacial score (nSPS) is 11.6. The molecule has 2 heteroatoms. The van der Waals surface area contributed by atoms with Crippen molar-refractivity contribution in [2.75, 3.05) is 5.75 Å². The van der Waals surface area contributed by atoms with Crippen LogP contribution in [0.15, 0.2) is 24.3 Å². The summed E-state index contributed by atoms with van der Waals surface area (Å²) in [6.45, 7) is 4.13. The van der Waals surface area contributed by atoms with Gasteiger partial charge in [-0.15, -0.1) is 0 Å². The Morgan fingerprint density at radius 3 is 2.42 bits per heavy atom. The van der Waals surface area contributed by atoms with Crippen LogP contribution in [0.2, 0.25) is 0 Å². The highest BCUT2D eigenvalue weighted by atomic mass is 32.1. The smallest absolute Gasteiger partial charge is 0.119 e. The molecule has 1 nitrogen and oxygen atoms in total. The number of para-hydroxylation sites is 1. The van der Waals surface area contributed by atoms with Crippen molar-refractivity contribution in [3.8, 4) is 5.75 Å². The Kier molecular flexibility index (Phi) is 2.68. The predicted molar refractivity (Wildman–Crippen MR) is 55.0 cm³/mol. The van der Waals surface area contributed by atoms with Crippen LogP contribution in [-0.2, 0) is 5.41 Å². The number of rotatable bonds is 2. The van der Waals surface area contributed by atoms with Crippen LogP contribution >= 0.6 is 12.6 Å². The van der Waals surface area contributed by atoms with Crippen molar-refractivity contribution < 1.29 is 5.11 Å². The Labute approximate surface area is 78.8 Å². The molecule has 0 saturated carbocycles. The van der Waals surface area contributed by atoms with Crippen LogP contribution in [0.4, 0.5) is 0 Å². The van der Waals surface area contributed by atoms with Crippen molar-refractivity contribution in [3.63, 3.8) is 0 Å². The van der Waals surface area contributed by atoms with Crippen molar-refractivity contribution in [1.29, 1.82) is 0 Å². The lowest BCUT2D eigenvalue weighted by atomic mass is 9.86. The number of aromatic hydroxyl groups is 1. The van der Waals surface area contributed by atoms with Crippen LogP contribution < -0.4 is 0 Å². The first-order valence-electron chi connectivity index (χ1n) is 3.97. The van der Waals surface area contributed by atoms with Crippen molar-refractivity contribution in [1.82, 2.24) is 0 Å². The van der Waals surface area contributed by atoms with Crippen LogP contribution in [0.1, 0.15) is 19.4 Å². The molecule has 0 atom stereocenters. The van der Waals surface area contributed by atoms with Gasteiger partial charge in [0, 0.05) is 11.0 Å². The summed E-state index contributed by atoms with van der Waals surface area (Å²) < 4.78 is 0. The molecule has 0 aromatic heterocycles. The minimum Gasteiger partial charge on any atom is -0.508 e. The second-order valence-corrected chi connectivity index (χ2v) is 3.88. The summed E-state index contributed by atoms with van der Waals surface area (Å²) in [5.74, 6) is 1.08. The standard InChI is InChI=1S/C10H14OS/c1-10(2,7-12)8-5-3-4-6-9(8)11/h3-6,11-12H,7H2,1-2H3. The maximum absolute atomic E-state index is 9.54. The molecule has 0 aliphatic heterocycles. The average Bonchev–Trinajstić information content (AvgIpc) is 2.05. The van der Waals surface area contributed by atoms with E-state index < -0.39 is 0 Å². The Morgan fingerprint density at radius 2 is 1.92 bits per heavy atom. The third-order valence-corrected chi connectivity index (χ3v) is 2.82. The third kappa shape index (κ3) is 1.75. The largest absolute Gasteiger partial charge is 0.508 e. The highest BCUT2D eigenvalue weighted by Gasteiger charge is 2.21. The number of phenolic OH excluding ortho intramolecular Hbond substituents is 1. The van der Waals surface area contributed by atoms with Gasteiger partial charge in [-0.3, -0.25) is 0 Å². The van der Waals surface area contributed by atoms with Crippen molar-refractivity contribution >= 4 is 12.6 Å². The summed E-state index contributed by atoms with van der Waals surface area (Å²) in [5, 5.41) is 9.54. The molecule has 0 aliphatic carbocycles. The van der Waals surface area contributed by atoms with Gasteiger partial charge < -0.3 is 5.11 Å². The third-order valence-electron chi connectivity index (χ3n) is 2.03. The number of phenols is 1. The van der Waals surface area contributed by atoms with Crippen LogP contribution in [0.5, 0.6) is 5.75 Å². The molecule has 0 unspecified atom stereocenters. The monoisotopic (exact) mass is 182 g/mol. The second-order valence-electron chi connectivity index (χ2n) is 3.56. The van der Waals surface area contributed by atoms with E-state index >= 15 is 0 Å². The molecule has 12 heavy (non-hydrogen) atoms. The SMILES string of the molecule is CC(C)(CS)c1ccccc1O. The number of benzene rings is 1. The minimum absolute atomic E-state index is 0.0611. The fraction of sp³-hybridized carbons (Fsp3) is 0.400. The Morgan fingerprint density at radius 1 is 1.33 bits per heavy atom. The van der Waals surface area contributed by atoms with Gasteiger partial charge in [-0.1, -0.05) is 32.0 Å². The van der Waals surface area contributed by atoms with Gasteiger partial charge in [0.05, 0.1) is 0 Å². The van der Waals surface area contributed by atoms with Gasteiger partial charge in [0.2, 0.25) is 0 Å². The molecule has 0 amide bonds. The molecule has 1 aromatic carbocycles. The van der Waals surface area contributed by atoms with E-state index in [1.54, 1.807) is 6.07 Å². The number of thiol groups is 1. The zero-order valence-corrected chi connectivity index (χ0v) is 8.31. The summed E-state index contributed by atoms with van der Waals surface area (Å²) in [6, 6.07) is 7.40. The van der Waals surface area contributed by atoms with Gasteiger partial charge in [-0.05, 0) is 11.8 Å². The van der Waals surface area contributed by atoms with Gasteiger partial charge in [-0.2, -0.15) is 12.6 Å². The number of hydrogen-bond acceptors (Lipinski definition) is 2. The molecule has 0 bridgehead atoms. The molecular weight excluding hydrogens is 168 g/mol. The minimum atomic E-state index is -0.0611. The first-order chi connectivity index (χ1) is 5.58. The highest BCUT2D eigenvalue weighted by molar-refractivity contribution is 7.80. The number of hydrogen-bond donors (Lipinski definition) is 2. The van der Waals surface area contributed by atoms with Crippen LogP contribution in [0, 0.1) is 0 Å². The lowest BCUT2D eigenvalue weighted by Gasteiger charge is -2.23. The molecule has 0 radical (unpaired) electrons. The first-order valence-corrected chi connectivity index (χ1v) is 4.60.